The Balaban J connectivity index is 3.00. The Bertz CT molecular complexity index is 301. The Labute approximate surface area is 88.7 Å². The second-order valence-corrected chi connectivity index (χ2v) is 4.19. The van der Waals surface area contributed by atoms with Crippen molar-refractivity contribution in [3.8, 4) is 0 Å². The average molecular weight is 212 g/mol. The topological polar surface area (TPSA) is 63.8 Å². The van der Waals surface area contributed by atoms with Crippen molar-refractivity contribution in [3.63, 3.8) is 0 Å². The number of hydrogen-bond donors (Lipinski definition) is 2. The zero-order chi connectivity index (χ0) is 10.6. The van der Waals surface area contributed by atoms with E-state index in [0.717, 1.165) is 17.3 Å². The first-order valence-electron chi connectivity index (χ1n) is 4.50. The first kappa shape index (κ1) is 11.3. The van der Waals surface area contributed by atoms with E-state index in [-0.39, 0.29) is 0 Å². The van der Waals surface area contributed by atoms with Crippen molar-refractivity contribution in [1.82, 2.24) is 9.97 Å². The largest absolute Gasteiger partial charge is 0.308 e. The predicted molar refractivity (Wildman–Crippen MR) is 61.2 cm³/mol. The lowest BCUT2D eigenvalue weighted by molar-refractivity contribution is 0.800. The molecule has 1 aromatic rings. The van der Waals surface area contributed by atoms with Crippen molar-refractivity contribution in [1.29, 1.82) is 0 Å². The van der Waals surface area contributed by atoms with Crippen LogP contribution in [0.1, 0.15) is 31.3 Å². The molecule has 1 rings (SSSR count). The van der Waals surface area contributed by atoms with Gasteiger partial charge in [0.15, 0.2) is 0 Å². The molecule has 14 heavy (non-hydrogen) atoms. The summed E-state index contributed by atoms with van der Waals surface area (Å²) < 4.78 is 0. The van der Waals surface area contributed by atoms with Crippen molar-refractivity contribution < 1.29 is 0 Å². The molecule has 0 aliphatic carbocycles. The van der Waals surface area contributed by atoms with Crippen molar-refractivity contribution in [3.05, 3.63) is 17.6 Å². The van der Waals surface area contributed by atoms with Gasteiger partial charge in [-0.2, -0.15) is 11.8 Å². The van der Waals surface area contributed by atoms with Crippen LogP contribution in [0.5, 0.6) is 0 Å². The van der Waals surface area contributed by atoms with Gasteiger partial charge in [-0.1, -0.05) is 13.8 Å². The number of hydrogen-bond acceptors (Lipinski definition) is 5. The van der Waals surface area contributed by atoms with Crippen LogP contribution in [0.4, 0.5) is 5.82 Å². The highest BCUT2D eigenvalue weighted by atomic mass is 32.2. The van der Waals surface area contributed by atoms with Gasteiger partial charge in [0, 0.05) is 11.8 Å². The van der Waals surface area contributed by atoms with Crippen LogP contribution < -0.4 is 11.3 Å². The molecule has 0 radical (unpaired) electrons. The smallest absolute Gasteiger partial charge is 0.143 e. The molecule has 0 aliphatic rings. The first-order valence-corrected chi connectivity index (χ1v) is 5.90. The summed E-state index contributed by atoms with van der Waals surface area (Å²) in [5.41, 5.74) is 3.59. The first-order chi connectivity index (χ1) is 6.67. The zero-order valence-corrected chi connectivity index (χ0v) is 9.56. The molecule has 0 atom stereocenters. The van der Waals surface area contributed by atoms with Gasteiger partial charge in [-0.05, 0) is 12.2 Å². The molecule has 0 unspecified atom stereocenters. The summed E-state index contributed by atoms with van der Waals surface area (Å²) in [7, 11) is 0. The van der Waals surface area contributed by atoms with E-state index in [2.05, 4.69) is 29.2 Å². The number of hydrazine groups is 1. The number of nitrogen functional groups attached to an aromatic ring is 1. The second kappa shape index (κ2) is 5.17. The minimum absolute atomic E-state index is 0.394. The molecular weight excluding hydrogens is 196 g/mol. The molecule has 0 amide bonds. The minimum atomic E-state index is 0.394. The number of aromatic nitrogens is 2. The molecule has 0 aliphatic heterocycles. The number of rotatable bonds is 4. The summed E-state index contributed by atoms with van der Waals surface area (Å²) in [6, 6.07) is 1.88. The summed E-state index contributed by atoms with van der Waals surface area (Å²) >= 11 is 1.70. The second-order valence-electron chi connectivity index (χ2n) is 3.33. The molecule has 78 valence electrons. The van der Waals surface area contributed by atoms with Gasteiger partial charge in [0.05, 0.1) is 5.75 Å². The van der Waals surface area contributed by atoms with Gasteiger partial charge in [-0.15, -0.1) is 0 Å². The van der Waals surface area contributed by atoms with Crippen molar-refractivity contribution in [2.75, 3.05) is 11.7 Å². The lowest BCUT2D eigenvalue weighted by atomic mass is 10.1. The van der Waals surface area contributed by atoms with Crippen LogP contribution in [0.3, 0.4) is 0 Å². The normalized spacial score (nSPS) is 10.6. The fraction of sp³-hybridized carbons (Fsp3) is 0.556. The average Bonchev–Trinajstić information content (AvgIpc) is 2.17. The molecule has 1 heterocycles. The van der Waals surface area contributed by atoms with Crippen molar-refractivity contribution >= 4 is 17.6 Å². The maximum atomic E-state index is 5.34. The lowest BCUT2D eigenvalue weighted by Gasteiger charge is -2.08. The van der Waals surface area contributed by atoms with E-state index >= 15 is 0 Å². The van der Waals surface area contributed by atoms with Gasteiger partial charge in [0.1, 0.15) is 11.6 Å². The number of anilines is 1. The van der Waals surface area contributed by atoms with Crippen LogP contribution in [0, 0.1) is 0 Å². The van der Waals surface area contributed by atoms with E-state index in [0.29, 0.717) is 11.7 Å². The maximum absolute atomic E-state index is 5.34. The molecule has 4 nitrogen and oxygen atoms in total. The highest BCUT2D eigenvalue weighted by molar-refractivity contribution is 7.97. The molecule has 0 saturated carbocycles. The molecule has 0 fully saturated rings. The molecule has 3 N–H and O–H groups in total. The van der Waals surface area contributed by atoms with Crippen molar-refractivity contribution in [2.45, 2.75) is 25.5 Å². The highest BCUT2D eigenvalue weighted by Crippen LogP contribution is 2.16. The third-order valence-corrected chi connectivity index (χ3v) is 2.35. The monoisotopic (exact) mass is 212 g/mol. The third-order valence-electron chi connectivity index (χ3n) is 1.81. The summed E-state index contributed by atoms with van der Waals surface area (Å²) in [6.07, 6.45) is 2.03. The SMILES string of the molecule is CSCc1nc(NN)cc(C(C)C)n1. The van der Waals surface area contributed by atoms with Crippen LogP contribution in [-0.4, -0.2) is 16.2 Å². The van der Waals surface area contributed by atoms with Gasteiger partial charge in [-0.25, -0.2) is 15.8 Å². The highest BCUT2D eigenvalue weighted by Gasteiger charge is 2.06. The van der Waals surface area contributed by atoms with Gasteiger partial charge in [-0.3, -0.25) is 0 Å². The Kier molecular flexibility index (Phi) is 4.16. The summed E-state index contributed by atoms with van der Waals surface area (Å²) in [6.45, 7) is 4.21. The standard InChI is InChI=1S/C9H16N4S/c1-6(2)7-4-8(13-10)12-9(11-7)5-14-3/h4,6H,5,10H2,1-3H3,(H,11,12,13). The number of nitrogens with zero attached hydrogens (tertiary/aromatic N) is 2. The molecule has 0 saturated heterocycles. The molecule has 5 heteroatoms. The Hall–Kier alpha value is -0.810. The van der Waals surface area contributed by atoms with Crippen LogP contribution in [0.2, 0.25) is 0 Å². The zero-order valence-electron chi connectivity index (χ0n) is 8.74. The van der Waals surface area contributed by atoms with E-state index in [1.807, 2.05) is 12.3 Å². The Morgan fingerprint density at radius 3 is 2.71 bits per heavy atom. The Morgan fingerprint density at radius 2 is 2.21 bits per heavy atom. The number of nitrogens with two attached hydrogens (primary N) is 1. The fourth-order valence-electron chi connectivity index (χ4n) is 1.08. The van der Waals surface area contributed by atoms with Crippen LogP contribution in [0.25, 0.3) is 0 Å². The molecule has 0 bridgehead atoms. The van der Waals surface area contributed by atoms with Crippen LogP contribution in [-0.2, 0) is 5.75 Å². The van der Waals surface area contributed by atoms with E-state index in [1.54, 1.807) is 11.8 Å². The van der Waals surface area contributed by atoms with Gasteiger partial charge < -0.3 is 5.43 Å². The Morgan fingerprint density at radius 1 is 1.50 bits per heavy atom. The minimum Gasteiger partial charge on any atom is -0.308 e. The summed E-state index contributed by atoms with van der Waals surface area (Å²) in [4.78, 5) is 8.70. The predicted octanol–water partition coefficient (Wildman–Crippen LogP) is 1.75. The quantitative estimate of drug-likeness (QED) is 0.588. The maximum Gasteiger partial charge on any atom is 0.143 e. The lowest BCUT2D eigenvalue weighted by Crippen LogP contribution is -2.11. The van der Waals surface area contributed by atoms with E-state index in [1.165, 1.54) is 0 Å². The van der Waals surface area contributed by atoms with Gasteiger partial charge in [0.2, 0.25) is 0 Å². The number of thioether (sulfide) groups is 1. The molecule has 0 aromatic carbocycles. The van der Waals surface area contributed by atoms with Gasteiger partial charge in [0.25, 0.3) is 0 Å². The van der Waals surface area contributed by atoms with E-state index in [9.17, 15) is 0 Å². The fourth-order valence-corrected chi connectivity index (χ4v) is 1.47. The molecular formula is C9H16N4S. The summed E-state index contributed by atoms with van der Waals surface area (Å²) in [5.74, 6) is 8.06. The third kappa shape index (κ3) is 2.85. The van der Waals surface area contributed by atoms with Crippen LogP contribution in [0.15, 0.2) is 6.07 Å². The summed E-state index contributed by atoms with van der Waals surface area (Å²) in [5, 5.41) is 0. The van der Waals surface area contributed by atoms with Gasteiger partial charge >= 0.3 is 0 Å². The van der Waals surface area contributed by atoms with E-state index < -0.39 is 0 Å². The van der Waals surface area contributed by atoms with E-state index in [4.69, 9.17) is 5.84 Å². The van der Waals surface area contributed by atoms with Crippen LogP contribution >= 0.6 is 11.8 Å². The molecule has 1 aromatic heterocycles. The van der Waals surface area contributed by atoms with Crippen molar-refractivity contribution in [2.24, 2.45) is 5.84 Å². The molecule has 0 spiro atoms. The number of nitrogens with one attached hydrogen (secondary N) is 1.